The molecule has 0 saturated heterocycles. The van der Waals surface area contributed by atoms with Gasteiger partial charge < -0.3 is 10.0 Å². The van der Waals surface area contributed by atoms with Crippen molar-refractivity contribution in [2.45, 2.75) is 45.6 Å². The first-order valence-corrected chi connectivity index (χ1v) is 9.11. The smallest absolute Gasteiger partial charge is 0.335 e. The molecule has 1 heterocycles. The van der Waals surface area contributed by atoms with E-state index in [1.54, 1.807) is 24.3 Å². The van der Waals surface area contributed by atoms with Crippen LogP contribution in [-0.2, 0) is 0 Å². The van der Waals surface area contributed by atoms with E-state index in [2.05, 4.69) is 55.8 Å². The summed E-state index contributed by atoms with van der Waals surface area (Å²) in [4.78, 5) is 17.9. The topological polar surface area (TPSA) is 52.9 Å². The maximum atomic E-state index is 10.9. The minimum atomic E-state index is -0.924. The molecule has 0 fully saturated rings. The third-order valence-electron chi connectivity index (χ3n) is 5.20. The molecule has 0 saturated carbocycles. The molecule has 1 aliphatic heterocycles. The lowest BCUT2D eigenvalue weighted by molar-refractivity contribution is 0.0697. The van der Waals surface area contributed by atoms with Crippen LogP contribution in [-0.4, -0.2) is 29.4 Å². The third-order valence-corrected chi connectivity index (χ3v) is 5.20. The Morgan fingerprint density at radius 2 is 1.96 bits per heavy atom. The predicted molar refractivity (Wildman–Crippen MR) is 107 cm³/mol. The van der Waals surface area contributed by atoms with Gasteiger partial charge in [-0.05, 0) is 80.6 Å². The molecule has 0 bridgehead atoms. The lowest BCUT2D eigenvalue weighted by Crippen LogP contribution is -2.48. The summed E-state index contributed by atoms with van der Waals surface area (Å²) in [5.74, 6) is -0.418. The molecular formula is C22H26N2O2. The first kappa shape index (κ1) is 18.2. The predicted octanol–water partition coefficient (Wildman–Crippen LogP) is 5.25. The van der Waals surface area contributed by atoms with Gasteiger partial charge in [-0.3, -0.25) is 4.99 Å². The van der Waals surface area contributed by atoms with Crippen molar-refractivity contribution < 1.29 is 9.90 Å². The van der Waals surface area contributed by atoms with Crippen LogP contribution in [0.15, 0.2) is 47.5 Å². The molecule has 4 nitrogen and oxygen atoms in total. The Morgan fingerprint density at radius 1 is 1.27 bits per heavy atom. The van der Waals surface area contributed by atoms with Crippen molar-refractivity contribution in [3.8, 4) is 0 Å². The summed E-state index contributed by atoms with van der Waals surface area (Å²) in [6.45, 7) is 10.1. The van der Waals surface area contributed by atoms with Gasteiger partial charge in [-0.2, -0.15) is 0 Å². The molecule has 26 heavy (non-hydrogen) atoms. The first-order valence-electron chi connectivity index (χ1n) is 9.11. The molecule has 0 spiro atoms. The van der Waals surface area contributed by atoms with E-state index in [9.17, 15) is 4.79 Å². The van der Waals surface area contributed by atoms with E-state index < -0.39 is 5.97 Å². The van der Waals surface area contributed by atoms with Gasteiger partial charge in [-0.25, -0.2) is 4.79 Å². The molecule has 136 valence electrons. The summed E-state index contributed by atoms with van der Waals surface area (Å²) in [6.07, 6.45) is 2.98. The number of aliphatic imine (C=N–C) groups is 1. The summed E-state index contributed by atoms with van der Waals surface area (Å²) >= 11 is 0. The largest absolute Gasteiger partial charge is 0.478 e. The normalized spacial score (nSPS) is 18.8. The fourth-order valence-electron chi connectivity index (χ4n) is 4.03. The van der Waals surface area contributed by atoms with Crippen LogP contribution in [0.1, 0.15) is 61.5 Å². The maximum Gasteiger partial charge on any atom is 0.335 e. The molecule has 0 aromatic heterocycles. The molecule has 0 aliphatic carbocycles. The van der Waals surface area contributed by atoms with Gasteiger partial charge in [0.15, 0.2) is 0 Å². The van der Waals surface area contributed by atoms with Crippen LogP contribution in [0.4, 0.5) is 11.4 Å². The molecule has 4 heteroatoms. The molecular weight excluding hydrogens is 324 g/mol. The summed E-state index contributed by atoms with van der Waals surface area (Å²) in [6, 6.07) is 13.1. The average molecular weight is 350 g/mol. The van der Waals surface area contributed by atoms with E-state index in [1.165, 1.54) is 11.3 Å². The zero-order valence-electron chi connectivity index (χ0n) is 15.9. The number of carboxylic acid groups (broad SMARTS) is 1. The molecule has 1 aliphatic rings. The fourth-order valence-corrected chi connectivity index (χ4v) is 4.03. The van der Waals surface area contributed by atoms with E-state index in [0.717, 1.165) is 24.2 Å². The summed E-state index contributed by atoms with van der Waals surface area (Å²) in [5, 5.41) is 8.96. The maximum absolute atomic E-state index is 10.9. The highest BCUT2D eigenvalue weighted by Crippen LogP contribution is 2.43. The lowest BCUT2D eigenvalue weighted by atomic mass is 9.79. The van der Waals surface area contributed by atoms with Crippen LogP contribution in [0.25, 0.3) is 0 Å². The fraction of sp³-hybridized carbons (Fsp3) is 0.364. The highest BCUT2D eigenvalue weighted by atomic mass is 16.4. The Kier molecular flexibility index (Phi) is 4.86. The Morgan fingerprint density at radius 3 is 2.58 bits per heavy atom. The van der Waals surface area contributed by atoms with Gasteiger partial charge in [-0.1, -0.05) is 13.0 Å². The quantitative estimate of drug-likeness (QED) is 0.767. The van der Waals surface area contributed by atoms with Crippen molar-refractivity contribution in [3.63, 3.8) is 0 Å². The van der Waals surface area contributed by atoms with E-state index in [4.69, 9.17) is 5.11 Å². The van der Waals surface area contributed by atoms with Crippen LogP contribution in [0.5, 0.6) is 0 Å². The van der Waals surface area contributed by atoms with Crippen molar-refractivity contribution in [2.24, 2.45) is 4.99 Å². The van der Waals surface area contributed by atoms with Crippen LogP contribution < -0.4 is 4.90 Å². The van der Waals surface area contributed by atoms with Gasteiger partial charge in [0.05, 0.1) is 11.3 Å². The second kappa shape index (κ2) is 6.94. The Labute approximate surface area is 155 Å². The van der Waals surface area contributed by atoms with Crippen LogP contribution >= 0.6 is 0 Å². The lowest BCUT2D eigenvalue weighted by Gasteiger charge is -2.47. The number of hydrogen-bond acceptors (Lipinski definition) is 3. The van der Waals surface area contributed by atoms with Crippen LogP contribution in [0.3, 0.4) is 0 Å². The molecule has 0 radical (unpaired) electrons. The average Bonchev–Trinajstić information content (AvgIpc) is 2.60. The Bertz CT molecular complexity index is 838. The van der Waals surface area contributed by atoms with Gasteiger partial charge in [0.2, 0.25) is 0 Å². The van der Waals surface area contributed by atoms with Crippen molar-refractivity contribution in [1.82, 2.24) is 0 Å². The highest BCUT2D eigenvalue weighted by molar-refractivity contribution is 5.88. The number of fused-ring (bicyclic) bond motifs is 1. The number of aromatic carboxylic acids is 1. The number of benzene rings is 2. The summed E-state index contributed by atoms with van der Waals surface area (Å²) in [7, 11) is 0. The third kappa shape index (κ3) is 3.50. The number of carboxylic acids is 1. The second-order valence-electron chi connectivity index (χ2n) is 7.59. The molecule has 2 aromatic rings. The van der Waals surface area contributed by atoms with Gasteiger partial charge in [0.1, 0.15) is 0 Å². The number of nitrogens with zero attached hydrogens (tertiary/aromatic N) is 2. The zero-order chi connectivity index (χ0) is 18.9. The molecule has 3 rings (SSSR count). The first-order chi connectivity index (χ1) is 12.3. The van der Waals surface area contributed by atoms with Gasteiger partial charge >= 0.3 is 5.97 Å². The van der Waals surface area contributed by atoms with E-state index >= 15 is 0 Å². The number of carbonyl (C=O) groups is 1. The highest BCUT2D eigenvalue weighted by Gasteiger charge is 2.35. The number of hydrogen-bond donors (Lipinski definition) is 1. The van der Waals surface area contributed by atoms with Crippen LogP contribution in [0.2, 0.25) is 0 Å². The summed E-state index contributed by atoms with van der Waals surface area (Å²) < 4.78 is 0. The molecule has 2 aromatic carbocycles. The summed E-state index contributed by atoms with van der Waals surface area (Å²) in [5.41, 5.74) is 4.94. The van der Waals surface area contributed by atoms with Crippen molar-refractivity contribution >= 4 is 23.6 Å². The van der Waals surface area contributed by atoms with Crippen LogP contribution in [0, 0.1) is 0 Å². The van der Waals surface area contributed by atoms with Crippen molar-refractivity contribution in [2.75, 3.05) is 11.4 Å². The molecule has 0 amide bonds. The van der Waals surface area contributed by atoms with E-state index in [0.29, 0.717) is 5.92 Å². The SMILES string of the molecule is CCN1c2ccc(C=Nc3ccc(C(=O)O)cc3)cc2C(C)CC1(C)C. The number of anilines is 1. The minimum Gasteiger partial charge on any atom is -0.478 e. The van der Waals surface area contributed by atoms with Gasteiger partial charge in [0.25, 0.3) is 0 Å². The minimum absolute atomic E-state index is 0.169. The second-order valence-corrected chi connectivity index (χ2v) is 7.59. The number of rotatable bonds is 4. The standard InChI is InChI=1S/C22H26N2O2/c1-5-24-20-11-6-16(12-19(20)15(2)13-22(24,3)4)14-23-18-9-7-17(8-10-18)21(25)26/h6-12,14-15H,5,13H2,1-4H3,(H,25,26). The monoisotopic (exact) mass is 350 g/mol. The Hall–Kier alpha value is -2.62. The Balaban J connectivity index is 1.87. The molecule has 1 unspecified atom stereocenters. The molecule has 1 N–H and O–H groups in total. The van der Waals surface area contributed by atoms with Gasteiger partial charge in [-0.15, -0.1) is 0 Å². The molecule has 1 atom stereocenters. The zero-order valence-corrected chi connectivity index (χ0v) is 15.9. The van der Waals surface area contributed by atoms with E-state index in [1.807, 2.05) is 6.21 Å². The van der Waals surface area contributed by atoms with Crippen molar-refractivity contribution in [3.05, 3.63) is 59.2 Å². The van der Waals surface area contributed by atoms with Crippen molar-refractivity contribution in [1.29, 1.82) is 0 Å². The van der Waals surface area contributed by atoms with E-state index in [-0.39, 0.29) is 11.1 Å². The van der Waals surface area contributed by atoms with Gasteiger partial charge in [0, 0.05) is 24.0 Å².